The molecule has 0 fully saturated rings. The SMILES string of the molecule is COc1ccc(-n2nc(C(C)C)c(CN(CC(O)COC(C)C)C(C)C)c2Oc2ccccc2)cc1. The number of benzene rings is 2. The lowest BCUT2D eigenvalue weighted by Crippen LogP contribution is -2.39. The minimum absolute atomic E-state index is 0.0771. The van der Waals surface area contributed by atoms with Crippen LogP contribution in [0, 0.1) is 0 Å². The lowest BCUT2D eigenvalue weighted by molar-refractivity contribution is -0.0137. The molecule has 1 aromatic heterocycles. The molecule has 36 heavy (non-hydrogen) atoms. The molecule has 0 aliphatic rings. The Labute approximate surface area is 215 Å². The zero-order valence-electron chi connectivity index (χ0n) is 22.6. The molecule has 1 heterocycles. The van der Waals surface area contributed by atoms with E-state index in [0.29, 0.717) is 25.6 Å². The van der Waals surface area contributed by atoms with Gasteiger partial charge in [0.05, 0.1) is 42.9 Å². The maximum Gasteiger partial charge on any atom is 0.227 e. The van der Waals surface area contributed by atoms with Gasteiger partial charge in [-0.25, -0.2) is 4.68 Å². The van der Waals surface area contributed by atoms with Crippen LogP contribution in [0.5, 0.6) is 17.4 Å². The van der Waals surface area contributed by atoms with Gasteiger partial charge in [0.1, 0.15) is 11.5 Å². The number of rotatable bonds is 13. The Morgan fingerprint density at radius 1 is 0.917 bits per heavy atom. The van der Waals surface area contributed by atoms with Gasteiger partial charge in [-0.15, -0.1) is 0 Å². The third-order valence-corrected chi connectivity index (χ3v) is 5.95. The average molecular weight is 496 g/mol. The Hall–Kier alpha value is -2.87. The van der Waals surface area contributed by atoms with Crippen LogP contribution in [0.1, 0.15) is 58.7 Å². The van der Waals surface area contributed by atoms with Crippen molar-refractivity contribution >= 4 is 0 Å². The lowest BCUT2D eigenvalue weighted by atomic mass is 10.0. The monoisotopic (exact) mass is 495 g/mol. The molecule has 3 rings (SSSR count). The molecule has 0 radical (unpaired) electrons. The summed E-state index contributed by atoms with van der Waals surface area (Å²) in [5.74, 6) is 2.38. The van der Waals surface area contributed by atoms with Gasteiger partial charge < -0.3 is 19.3 Å². The molecular weight excluding hydrogens is 454 g/mol. The van der Waals surface area contributed by atoms with Crippen molar-refractivity contribution in [3.05, 3.63) is 65.9 Å². The van der Waals surface area contributed by atoms with Crippen LogP contribution in [0.2, 0.25) is 0 Å². The Bertz CT molecular complexity index is 1060. The molecule has 7 heteroatoms. The Balaban J connectivity index is 2.04. The van der Waals surface area contributed by atoms with Gasteiger partial charge in [-0.1, -0.05) is 32.0 Å². The molecule has 1 N–H and O–H groups in total. The molecular formula is C29H41N3O4. The highest BCUT2D eigenvalue weighted by Crippen LogP contribution is 2.35. The first kappa shape index (κ1) is 27.7. The highest BCUT2D eigenvalue weighted by atomic mass is 16.5. The van der Waals surface area contributed by atoms with Crippen molar-refractivity contribution in [3.8, 4) is 23.1 Å². The predicted octanol–water partition coefficient (Wildman–Crippen LogP) is 5.79. The van der Waals surface area contributed by atoms with Crippen LogP contribution in [0.25, 0.3) is 5.69 Å². The van der Waals surface area contributed by atoms with Gasteiger partial charge in [0.2, 0.25) is 5.88 Å². The van der Waals surface area contributed by atoms with Crippen LogP contribution in [0.15, 0.2) is 54.6 Å². The lowest BCUT2D eigenvalue weighted by Gasteiger charge is -2.29. The smallest absolute Gasteiger partial charge is 0.227 e. The summed E-state index contributed by atoms with van der Waals surface area (Å²) in [7, 11) is 1.66. The maximum absolute atomic E-state index is 10.7. The second kappa shape index (κ2) is 12.9. The largest absolute Gasteiger partial charge is 0.497 e. The van der Waals surface area contributed by atoms with Crippen molar-refractivity contribution in [1.82, 2.24) is 14.7 Å². The minimum atomic E-state index is -0.590. The topological polar surface area (TPSA) is 69.0 Å². The Morgan fingerprint density at radius 3 is 2.14 bits per heavy atom. The number of aliphatic hydroxyl groups excluding tert-OH is 1. The molecule has 1 unspecified atom stereocenters. The van der Waals surface area contributed by atoms with E-state index in [4.69, 9.17) is 19.3 Å². The fourth-order valence-electron chi connectivity index (χ4n) is 3.95. The molecule has 0 saturated carbocycles. The van der Waals surface area contributed by atoms with Crippen LogP contribution in [0.4, 0.5) is 0 Å². The summed E-state index contributed by atoms with van der Waals surface area (Å²) in [4.78, 5) is 2.24. The quantitative estimate of drug-likeness (QED) is 0.324. The number of aliphatic hydroxyl groups is 1. The van der Waals surface area contributed by atoms with E-state index in [2.05, 4.69) is 32.6 Å². The third-order valence-electron chi connectivity index (χ3n) is 5.95. The molecule has 196 valence electrons. The predicted molar refractivity (Wildman–Crippen MR) is 143 cm³/mol. The van der Waals surface area contributed by atoms with Crippen LogP contribution in [-0.4, -0.2) is 58.3 Å². The fourth-order valence-corrected chi connectivity index (χ4v) is 3.95. The van der Waals surface area contributed by atoms with Gasteiger partial charge in [0, 0.05) is 19.1 Å². The van der Waals surface area contributed by atoms with Crippen LogP contribution >= 0.6 is 0 Å². The van der Waals surface area contributed by atoms with Crippen molar-refractivity contribution in [2.45, 2.75) is 72.3 Å². The number of hydrogen-bond donors (Lipinski definition) is 1. The number of methoxy groups -OCH3 is 1. The van der Waals surface area contributed by atoms with Crippen molar-refractivity contribution < 1.29 is 19.3 Å². The zero-order chi connectivity index (χ0) is 26.2. The van der Waals surface area contributed by atoms with E-state index in [1.165, 1.54) is 0 Å². The summed E-state index contributed by atoms with van der Waals surface area (Å²) in [6.07, 6.45) is -0.513. The highest BCUT2D eigenvalue weighted by Gasteiger charge is 2.27. The number of aromatic nitrogens is 2. The molecule has 0 amide bonds. The Morgan fingerprint density at radius 2 is 1.58 bits per heavy atom. The number of hydrogen-bond acceptors (Lipinski definition) is 6. The van der Waals surface area contributed by atoms with E-state index in [1.807, 2.05) is 73.1 Å². The van der Waals surface area contributed by atoms with Crippen molar-refractivity contribution in [3.63, 3.8) is 0 Å². The summed E-state index contributed by atoms with van der Waals surface area (Å²) in [6, 6.07) is 17.8. The molecule has 0 bridgehead atoms. The van der Waals surface area contributed by atoms with Gasteiger partial charge in [-0.3, -0.25) is 4.90 Å². The maximum atomic E-state index is 10.7. The number of nitrogens with zero attached hydrogens (tertiary/aromatic N) is 3. The van der Waals surface area contributed by atoms with Gasteiger partial charge in [0.15, 0.2) is 0 Å². The first-order chi connectivity index (χ1) is 17.2. The van der Waals surface area contributed by atoms with Crippen LogP contribution in [0.3, 0.4) is 0 Å². The van der Waals surface area contributed by atoms with Gasteiger partial charge in [-0.05, 0) is 70.0 Å². The third kappa shape index (κ3) is 7.32. The second-order valence-electron chi connectivity index (χ2n) is 9.91. The van der Waals surface area contributed by atoms with Crippen LogP contribution < -0.4 is 9.47 Å². The summed E-state index contributed by atoms with van der Waals surface area (Å²) < 4.78 is 19.4. The summed E-state index contributed by atoms with van der Waals surface area (Å²) >= 11 is 0. The zero-order valence-corrected chi connectivity index (χ0v) is 22.6. The minimum Gasteiger partial charge on any atom is -0.497 e. The summed E-state index contributed by atoms with van der Waals surface area (Å²) in [6.45, 7) is 13.9. The number of ether oxygens (including phenoxy) is 3. The second-order valence-corrected chi connectivity index (χ2v) is 9.91. The highest BCUT2D eigenvalue weighted by molar-refractivity contribution is 5.46. The first-order valence-electron chi connectivity index (χ1n) is 12.7. The standard InChI is InChI=1S/C29H41N3O4/c1-20(2)28-27(18-31(21(3)4)17-24(33)19-35-22(5)6)29(36-26-11-9-8-10-12-26)32(30-28)23-13-15-25(34-7)16-14-23/h8-16,20-22,24,33H,17-19H2,1-7H3. The van der Waals surface area contributed by atoms with E-state index in [1.54, 1.807) is 7.11 Å². The molecule has 0 aliphatic carbocycles. The molecule has 1 atom stereocenters. The van der Waals surface area contributed by atoms with Gasteiger partial charge >= 0.3 is 0 Å². The van der Waals surface area contributed by atoms with Crippen molar-refractivity contribution in [1.29, 1.82) is 0 Å². The van der Waals surface area contributed by atoms with E-state index in [-0.39, 0.29) is 18.1 Å². The van der Waals surface area contributed by atoms with E-state index < -0.39 is 6.10 Å². The van der Waals surface area contributed by atoms with E-state index >= 15 is 0 Å². The average Bonchev–Trinajstić information content (AvgIpc) is 3.21. The fraction of sp³-hybridized carbons (Fsp3) is 0.483. The van der Waals surface area contributed by atoms with E-state index in [0.717, 1.165) is 28.4 Å². The van der Waals surface area contributed by atoms with E-state index in [9.17, 15) is 5.11 Å². The molecule has 3 aromatic rings. The number of para-hydroxylation sites is 1. The van der Waals surface area contributed by atoms with Crippen molar-refractivity contribution in [2.75, 3.05) is 20.3 Å². The summed E-state index contributed by atoms with van der Waals surface area (Å²) in [5, 5.41) is 15.7. The molecule has 7 nitrogen and oxygen atoms in total. The molecule has 0 aliphatic heterocycles. The molecule has 0 saturated heterocycles. The van der Waals surface area contributed by atoms with Crippen LogP contribution in [-0.2, 0) is 11.3 Å². The van der Waals surface area contributed by atoms with Gasteiger partial charge in [-0.2, -0.15) is 5.10 Å². The first-order valence-corrected chi connectivity index (χ1v) is 12.7. The van der Waals surface area contributed by atoms with Gasteiger partial charge in [0.25, 0.3) is 0 Å². The Kier molecular flexibility index (Phi) is 9.93. The summed E-state index contributed by atoms with van der Waals surface area (Å²) in [5.41, 5.74) is 2.86. The molecule has 2 aromatic carbocycles. The molecule has 0 spiro atoms. The van der Waals surface area contributed by atoms with Crippen molar-refractivity contribution in [2.24, 2.45) is 0 Å². The normalized spacial score (nSPS) is 12.7.